The number of carbonyl (C=O) groups excluding carboxylic acids is 2. The van der Waals surface area contributed by atoms with Crippen molar-refractivity contribution in [3.05, 3.63) is 28.0 Å². The zero-order valence-corrected chi connectivity index (χ0v) is 17.4. The van der Waals surface area contributed by atoms with E-state index in [1.165, 1.54) is 16.9 Å². The molecule has 28 heavy (non-hydrogen) atoms. The number of hydrogen-bond donors (Lipinski definition) is 1. The number of nitrogens with zero attached hydrogens (tertiary/aromatic N) is 5. The van der Waals surface area contributed by atoms with Gasteiger partial charge in [-0.25, -0.2) is 9.78 Å². The molecule has 0 aromatic carbocycles. The molecule has 2 aliphatic heterocycles. The summed E-state index contributed by atoms with van der Waals surface area (Å²) in [6, 6.07) is -0.0206. The van der Waals surface area contributed by atoms with Gasteiger partial charge in [-0.3, -0.25) is 14.4 Å². The molecule has 0 saturated carbocycles. The molecule has 2 aromatic heterocycles. The third-order valence-electron chi connectivity index (χ3n) is 5.65. The Bertz CT molecular complexity index is 904. The van der Waals surface area contributed by atoms with Gasteiger partial charge in [0.25, 0.3) is 0 Å². The Morgan fingerprint density at radius 1 is 1.32 bits per heavy atom. The molecular weight excluding hydrogens is 376 g/mol. The van der Waals surface area contributed by atoms with Gasteiger partial charge in [0.15, 0.2) is 5.13 Å². The van der Waals surface area contributed by atoms with Crippen molar-refractivity contribution in [1.82, 2.24) is 25.0 Å². The maximum atomic E-state index is 13.0. The first-order valence-corrected chi connectivity index (χ1v) is 10.6. The van der Waals surface area contributed by atoms with Crippen LogP contribution >= 0.6 is 11.3 Å². The Morgan fingerprint density at radius 3 is 2.86 bits per heavy atom. The molecule has 9 heteroatoms. The minimum atomic E-state index is -0.111. The van der Waals surface area contributed by atoms with Gasteiger partial charge >= 0.3 is 6.03 Å². The van der Waals surface area contributed by atoms with Crippen LogP contribution in [0, 0.1) is 13.8 Å². The lowest BCUT2D eigenvalue weighted by molar-refractivity contribution is -0.131. The highest BCUT2D eigenvalue weighted by Crippen LogP contribution is 2.36. The standard InChI is InChI=1S/C19H26N6O2S/c1-12-17(13(2)23(3)22-12)15-6-4-8-24(15)16(26)10-14-11-28-19(21-14)25-9-5-7-20-18(25)27/h11,15H,4-10H2,1-3H3,(H,20,27). The van der Waals surface area contributed by atoms with Crippen LogP contribution < -0.4 is 10.2 Å². The number of likely N-dealkylation sites (tertiary alicyclic amines) is 1. The molecule has 4 heterocycles. The molecule has 1 N–H and O–H groups in total. The normalized spacial score (nSPS) is 20.0. The molecule has 1 unspecified atom stereocenters. The van der Waals surface area contributed by atoms with E-state index in [1.54, 1.807) is 4.90 Å². The van der Waals surface area contributed by atoms with Gasteiger partial charge in [0.05, 0.1) is 23.9 Å². The molecule has 4 rings (SSSR count). The number of hydrogen-bond acceptors (Lipinski definition) is 5. The van der Waals surface area contributed by atoms with Crippen molar-refractivity contribution in [2.45, 2.75) is 45.6 Å². The summed E-state index contributed by atoms with van der Waals surface area (Å²) in [6.45, 7) is 6.21. The number of carbonyl (C=O) groups is 2. The number of nitrogens with one attached hydrogen (secondary N) is 1. The summed E-state index contributed by atoms with van der Waals surface area (Å²) in [6.07, 6.45) is 3.13. The predicted molar refractivity (Wildman–Crippen MR) is 108 cm³/mol. The van der Waals surface area contributed by atoms with Gasteiger partial charge < -0.3 is 10.2 Å². The van der Waals surface area contributed by atoms with Gasteiger partial charge in [0.1, 0.15) is 0 Å². The number of amides is 3. The first kappa shape index (κ1) is 18.9. The van der Waals surface area contributed by atoms with Gasteiger partial charge in [0, 0.05) is 43.3 Å². The van der Waals surface area contributed by atoms with E-state index in [0.29, 0.717) is 18.2 Å². The Hall–Kier alpha value is -2.42. The van der Waals surface area contributed by atoms with Gasteiger partial charge in [-0.15, -0.1) is 11.3 Å². The molecule has 0 aliphatic carbocycles. The molecule has 2 fully saturated rings. The van der Waals surface area contributed by atoms with Crippen molar-refractivity contribution in [2.24, 2.45) is 7.05 Å². The maximum absolute atomic E-state index is 13.0. The first-order valence-electron chi connectivity index (χ1n) is 9.75. The largest absolute Gasteiger partial charge is 0.338 e. The molecule has 2 aromatic rings. The number of urea groups is 1. The second-order valence-electron chi connectivity index (χ2n) is 7.49. The first-order chi connectivity index (χ1) is 13.5. The van der Waals surface area contributed by atoms with Crippen molar-refractivity contribution in [1.29, 1.82) is 0 Å². The van der Waals surface area contributed by atoms with E-state index in [0.717, 1.165) is 42.9 Å². The minimum Gasteiger partial charge on any atom is -0.338 e. The highest BCUT2D eigenvalue weighted by Gasteiger charge is 2.33. The van der Waals surface area contributed by atoms with Crippen LogP contribution in [0.2, 0.25) is 0 Å². The lowest BCUT2D eigenvalue weighted by Crippen LogP contribution is -2.46. The second-order valence-corrected chi connectivity index (χ2v) is 8.33. The molecule has 2 aliphatic rings. The Morgan fingerprint density at radius 2 is 2.14 bits per heavy atom. The summed E-state index contributed by atoms with van der Waals surface area (Å²) < 4.78 is 1.89. The number of rotatable bonds is 4. The monoisotopic (exact) mass is 402 g/mol. The highest BCUT2D eigenvalue weighted by molar-refractivity contribution is 7.14. The van der Waals surface area contributed by atoms with Crippen LogP contribution in [0.5, 0.6) is 0 Å². The van der Waals surface area contributed by atoms with Crippen LogP contribution in [-0.4, -0.2) is 51.2 Å². The van der Waals surface area contributed by atoms with E-state index in [2.05, 4.69) is 22.3 Å². The number of anilines is 1. The maximum Gasteiger partial charge on any atom is 0.323 e. The Balaban J connectivity index is 1.48. The van der Waals surface area contributed by atoms with Crippen molar-refractivity contribution in [3.8, 4) is 0 Å². The summed E-state index contributed by atoms with van der Waals surface area (Å²) in [5.41, 5.74) is 4.02. The van der Waals surface area contributed by atoms with Gasteiger partial charge in [-0.05, 0) is 33.1 Å². The third kappa shape index (κ3) is 3.39. The third-order valence-corrected chi connectivity index (χ3v) is 6.57. The van der Waals surface area contributed by atoms with Gasteiger partial charge in [-0.1, -0.05) is 0 Å². The van der Waals surface area contributed by atoms with Crippen LogP contribution in [0.25, 0.3) is 0 Å². The molecular formula is C19H26N6O2S. The van der Waals surface area contributed by atoms with E-state index in [9.17, 15) is 9.59 Å². The zero-order valence-electron chi connectivity index (χ0n) is 16.6. The van der Waals surface area contributed by atoms with Crippen molar-refractivity contribution < 1.29 is 9.59 Å². The molecule has 1 atom stereocenters. The fourth-order valence-corrected chi connectivity index (χ4v) is 5.06. The van der Waals surface area contributed by atoms with Crippen LogP contribution in [0.4, 0.5) is 9.93 Å². The quantitative estimate of drug-likeness (QED) is 0.851. The van der Waals surface area contributed by atoms with Gasteiger partial charge in [-0.2, -0.15) is 5.10 Å². The van der Waals surface area contributed by atoms with E-state index in [1.807, 2.05) is 28.9 Å². The summed E-state index contributed by atoms with van der Waals surface area (Å²) in [5, 5.41) is 9.91. The molecule has 2 saturated heterocycles. The lowest BCUT2D eigenvalue weighted by Gasteiger charge is -2.25. The topological polar surface area (TPSA) is 83.4 Å². The highest BCUT2D eigenvalue weighted by atomic mass is 32.1. The lowest BCUT2D eigenvalue weighted by atomic mass is 10.0. The van der Waals surface area contributed by atoms with E-state index in [4.69, 9.17) is 0 Å². The van der Waals surface area contributed by atoms with Crippen LogP contribution in [-0.2, 0) is 18.3 Å². The zero-order chi connectivity index (χ0) is 19.8. The summed E-state index contributed by atoms with van der Waals surface area (Å²) in [4.78, 5) is 33.2. The van der Waals surface area contributed by atoms with Crippen LogP contribution in [0.1, 0.15) is 47.9 Å². The molecule has 3 amide bonds. The fourth-order valence-electron chi connectivity index (χ4n) is 4.21. The van der Waals surface area contributed by atoms with E-state index < -0.39 is 0 Å². The van der Waals surface area contributed by atoms with Crippen molar-refractivity contribution in [2.75, 3.05) is 24.5 Å². The second kappa shape index (κ2) is 7.54. The summed E-state index contributed by atoms with van der Waals surface area (Å²) in [5.74, 6) is 0.0881. The van der Waals surface area contributed by atoms with Gasteiger partial charge in [0.2, 0.25) is 5.91 Å². The minimum absolute atomic E-state index is 0.0881. The smallest absolute Gasteiger partial charge is 0.323 e. The Labute approximate surface area is 168 Å². The Kier molecular flexibility index (Phi) is 5.09. The molecule has 0 spiro atoms. The number of aryl methyl sites for hydroxylation is 2. The average molecular weight is 403 g/mol. The molecule has 8 nitrogen and oxygen atoms in total. The SMILES string of the molecule is Cc1nn(C)c(C)c1C1CCCN1C(=O)Cc1csc(N2CCCNC2=O)n1. The average Bonchev–Trinajstić information content (AvgIpc) is 3.36. The molecule has 0 bridgehead atoms. The van der Waals surface area contributed by atoms with Crippen molar-refractivity contribution in [3.63, 3.8) is 0 Å². The predicted octanol–water partition coefficient (Wildman–Crippen LogP) is 2.32. The van der Waals surface area contributed by atoms with E-state index in [-0.39, 0.29) is 24.4 Å². The van der Waals surface area contributed by atoms with Crippen LogP contribution in [0.3, 0.4) is 0 Å². The fraction of sp³-hybridized carbons (Fsp3) is 0.579. The van der Waals surface area contributed by atoms with Crippen molar-refractivity contribution >= 4 is 28.4 Å². The van der Waals surface area contributed by atoms with E-state index >= 15 is 0 Å². The molecule has 150 valence electrons. The molecule has 0 radical (unpaired) electrons. The summed E-state index contributed by atoms with van der Waals surface area (Å²) >= 11 is 1.42. The number of aromatic nitrogens is 3. The van der Waals surface area contributed by atoms with Crippen LogP contribution in [0.15, 0.2) is 5.38 Å². The summed E-state index contributed by atoms with van der Waals surface area (Å²) in [7, 11) is 1.94. The number of thiazole rings is 1.